The standard InChI is InChI=1S/C13H17NO3S/c15-9-11-2-1-6-14(11)8-12-10(5-7-18-12)3-4-13(16)17/h3-5,7,11,15H,1-2,6,8-9H2,(H,16,17). The molecule has 1 atom stereocenters. The lowest BCUT2D eigenvalue weighted by atomic mass is 10.2. The second-order valence-electron chi connectivity index (χ2n) is 4.42. The third-order valence-corrected chi connectivity index (χ3v) is 4.16. The van der Waals surface area contributed by atoms with Gasteiger partial charge in [-0.05, 0) is 42.5 Å². The predicted molar refractivity (Wildman–Crippen MR) is 71.5 cm³/mol. The number of aliphatic carboxylic acids is 1. The van der Waals surface area contributed by atoms with E-state index in [1.807, 2.05) is 11.4 Å². The van der Waals surface area contributed by atoms with Crippen molar-refractivity contribution in [3.63, 3.8) is 0 Å². The number of likely N-dealkylation sites (tertiary alicyclic amines) is 1. The Hall–Kier alpha value is -1.17. The van der Waals surface area contributed by atoms with Crippen molar-refractivity contribution < 1.29 is 15.0 Å². The van der Waals surface area contributed by atoms with Crippen molar-refractivity contribution in [2.45, 2.75) is 25.4 Å². The van der Waals surface area contributed by atoms with Crippen LogP contribution in [0.2, 0.25) is 0 Å². The molecule has 1 unspecified atom stereocenters. The molecule has 0 aliphatic carbocycles. The van der Waals surface area contributed by atoms with Crippen LogP contribution in [-0.4, -0.2) is 40.3 Å². The zero-order chi connectivity index (χ0) is 13.0. The minimum atomic E-state index is -0.929. The van der Waals surface area contributed by atoms with Gasteiger partial charge in [-0.2, -0.15) is 0 Å². The predicted octanol–water partition coefficient (Wildman–Crippen LogP) is 1.80. The van der Waals surface area contributed by atoms with Crippen LogP contribution in [0.15, 0.2) is 17.5 Å². The first kappa shape index (κ1) is 13.3. The average molecular weight is 267 g/mol. The molecule has 1 aromatic rings. The Balaban J connectivity index is 2.05. The molecule has 0 spiro atoms. The van der Waals surface area contributed by atoms with Crippen LogP contribution in [0.4, 0.5) is 0 Å². The van der Waals surface area contributed by atoms with Crippen LogP contribution in [0, 0.1) is 0 Å². The van der Waals surface area contributed by atoms with Crippen LogP contribution in [0.1, 0.15) is 23.3 Å². The van der Waals surface area contributed by atoms with E-state index in [0.717, 1.165) is 36.4 Å². The van der Waals surface area contributed by atoms with Gasteiger partial charge in [0.15, 0.2) is 0 Å². The topological polar surface area (TPSA) is 60.8 Å². The minimum absolute atomic E-state index is 0.200. The highest BCUT2D eigenvalue weighted by Gasteiger charge is 2.24. The van der Waals surface area contributed by atoms with Crippen molar-refractivity contribution in [1.29, 1.82) is 0 Å². The Kier molecular flexibility index (Phi) is 4.52. The second-order valence-corrected chi connectivity index (χ2v) is 5.42. The first-order chi connectivity index (χ1) is 8.70. The quantitative estimate of drug-likeness (QED) is 0.799. The molecule has 1 aliphatic rings. The maximum Gasteiger partial charge on any atom is 0.328 e. The molecule has 2 rings (SSSR count). The van der Waals surface area contributed by atoms with Gasteiger partial charge in [-0.1, -0.05) is 0 Å². The summed E-state index contributed by atoms with van der Waals surface area (Å²) in [7, 11) is 0. The number of carbonyl (C=O) groups is 1. The SMILES string of the molecule is O=C(O)C=Cc1ccsc1CN1CCCC1CO. The highest BCUT2D eigenvalue weighted by Crippen LogP contribution is 2.25. The fraction of sp³-hybridized carbons (Fsp3) is 0.462. The summed E-state index contributed by atoms with van der Waals surface area (Å²) in [5.41, 5.74) is 0.964. The lowest BCUT2D eigenvalue weighted by molar-refractivity contribution is -0.131. The third-order valence-electron chi connectivity index (χ3n) is 3.24. The highest BCUT2D eigenvalue weighted by atomic mass is 32.1. The van der Waals surface area contributed by atoms with Gasteiger partial charge in [0.1, 0.15) is 0 Å². The fourth-order valence-corrected chi connectivity index (χ4v) is 3.17. The molecule has 1 aliphatic heterocycles. The van der Waals surface area contributed by atoms with Crippen LogP contribution in [-0.2, 0) is 11.3 Å². The Labute approximate surface area is 110 Å². The van der Waals surface area contributed by atoms with Crippen molar-refractivity contribution in [1.82, 2.24) is 4.90 Å². The summed E-state index contributed by atoms with van der Waals surface area (Å²) < 4.78 is 0. The van der Waals surface area contributed by atoms with Gasteiger partial charge < -0.3 is 10.2 Å². The van der Waals surface area contributed by atoms with Crippen LogP contribution in [0.25, 0.3) is 6.08 Å². The normalized spacial score (nSPS) is 20.8. The molecule has 5 heteroatoms. The molecular formula is C13H17NO3S. The van der Waals surface area contributed by atoms with E-state index < -0.39 is 5.97 Å². The van der Waals surface area contributed by atoms with Crippen molar-refractivity contribution in [2.75, 3.05) is 13.2 Å². The summed E-state index contributed by atoms with van der Waals surface area (Å²) >= 11 is 1.63. The highest BCUT2D eigenvalue weighted by molar-refractivity contribution is 7.10. The number of aliphatic hydroxyl groups excluding tert-OH is 1. The van der Waals surface area contributed by atoms with Crippen LogP contribution in [0.5, 0.6) is 0 Å². The van der Waals surface area contributed by atoms with E-state index >= 15 is 0 Å². The van der Waals surface area contributed by atoms with E-state index in [2.05, 4.69) is 4.90 Å². The number of hydrogen-bond donors (Lipinski definition) is 2. The second kappa shape index (κ2) is 6.13. The minimum Gasteiger partial charge on any atom is -0.478 e. The number of thiophene rings is 1. The van der Waals surface area contributed by atoms with Crippen LogP contribution in [0.3, 0.4) is 0 Å². The molecule has 0 radical (unpaired) electrons. The molecule has 18 heavy (non-hydrogen) atoms. The smallest absolute Gasteiger partial charge is 0.328 e. The van der Waals surface area contributed by atoms with Gasteiger partial charge in [0, 0.05) is 23.5 Å². The molecular weight excluding hydrogens is 250 g/mol. The third kappa shape index (κ3) is 3.19. The summed E-state index contributed by atoms with van der Waals surface area (Å²) in [5.74, 6) is -0.929. The first-order valence-electron chi connectivity index (χ1n) is 6.03. The van der Waals surface area contributed by atoms with Gasteiger partial charge in [-0.3, -0.25) is 4.90 Å². The van der Waals surface area contributed by atoms with Crippen molar-refractivity contribution in [3.05, 3.63) is 28.0 Å². The number of carboxylic acids is 1. The summed E-state index contributed by atoms with van der Waals surface area (Å²) in [5, 5.41) is 19.9. The lowest BCUT2D eigenvalue weighted by Crippen LogP contribution is -2.31. The largest absolute Gasteiger partial charge is 0.478 e. The molecule has 0 amide bonds. The zero-order valence-corrected chi connectivity index (χ0v) is 10.9. The van der Waals surface area contributed by atoms with E-state index in [1.54, 1.807) is 17.4 Å². The van der Waals surface area contributed by atoms with Gasteiger partial charge in [-0.15, -0.1) is 11.3 Å². The number of rotatable bonds is 5. The molecule has 4 nitrogen and oxygen atoms in total. The first-order valence-corrected chi connectivity index (χ1v) is 6.91. The monoisotopic (exact) mass is 267 g/mol. The number of carboxylic acid groups (broad SMARTS) is 1. The van der Waals surface area contributed by atoms with Gasteiger partial charge in [-0.25, -0.2) is 4.79 Å². The van der Waals surface area contributed by atoms with Gasteiger partial charge in [0.05, 0.1) is 6.61 Å². The molecule has 0 saturated carbocycles. The molecule has 1 aromatic heterocycles. The summed E-state index contributed by atoms with van der Waals surface area (Å²) in [6.45, 7) is 2.00. The van der Waals surface area contributed by atoms with Crippen molar-refractivity contribution >= 4 is 23.4 Å². The van der Waals surface area contributed by atoms with E-state index in [-0.39, 0.29) is 12.6 Å². The van der Waals surface area contributed by atoms with Gasteiger partial charge >= 0.3 is 5.97 Å². The Bertz CT molecular complexity index is 441. The van der Waals surface area contributed by atoms with E-state index in [1.165, 1.54) is 6.08 Å². The fourth-order valence-electron chi connectivity index (χ4n) is 2.28. The average Bonchev–Trinajstić information content (AvgIpc) is 2.96. The van der Waals surface area contributed by atoms with Gasteiger partial charge in [0.2, 0.25) is 0 Å². The number of nitrogens with zero attached hydrogens (tertiary/aromatic N) is 1. The number of aliphatic hydroxyl groups is 1. The van der Waals surface area contributed by atoms with Crippen molar-refractivity contribution in [2.24, 2.45) is 0 Å². The summed E-state index contributed by atoms with van der Waals surface area (Å²) in [6.07, 6.45) is 4.97. The lowest BCUT2D eigenvalue weighted by Gasteiger charge is -2.22. The molecule has 1 saturated heterocycles. The maximum absolute atomic E-state index is 10.5. The molecule has 98 valence electrons. The van der Waals surface area contributed by atoms with E-state index in [4.69, 9.17) is 5.11 Å². The summed E-state index contributed by atoms with van der Waals surface area (Å²) in [6, 6.07) is 2.19. The Morgan fingerprint density at radius 1 is 1.61 bits per heavy atom. The van der Waals surface area contributed by atoms with Gasteiger partial charge in [0.25, 0.3) is 0 Å². The molecule has 2 heterocycles. The van der Waals surface area contributed by atoms with Crippen LogP contribution < -0.4 is 0 Å². The Morgan fingerprint density at radius 3 is 3.17 bits per heavy atom. The molecule has 0 aromatic carbocycles. The van der Waals surface area contributed by atoms with E-state index in [0.29, 0.717) is 0 Å². The van der Waals surface area contributed by atoms with Crippen molar-refractivity contribution in [3.8, 4) is 0 Å². The maximum atomic E-state index is 10.5. The summed E-state index contributed by atoms with van der Waals surface area (Å²) in [4.78, 5) is 13.9. The number of hydrogen-bond acceptors (Lipinski definition) is 4. The molecule has 1 fully saturated rings. The Morgan fingerprint density at radius 2 is 2.44 bits per heavy atom. The molecule has 0 bridgehead atoms. The zero-order valence-electron chi connectivity index (χ0n) is 10.1. The molecule has 2 N–H and O–H groups in total. The van der Waals surface area contributed by atoms with Crippen LogP contribution >= 0.6 is 11.3 Å². The van der Waals surface area contributed by atoms with E-state index in [9.17, 15) is 9.90 Å².